The fraction of sp³-hybridized carbons (Fsp3) is 0.700. The van der Waals surface area contributed by atoms with Crippen LogP contribution in [-0.2, 0) is 11.3 Å². The summed E-state index contributed by atoms with van der Waals surface area (Å²) in [7, 11) is 0. The summed E-state index contributed by atoms with van der Waals surface area (Å²) >= 11 is 0. The minimum absolute atomic E-state index is 0.235. The first-order valence-electron chi connectivity index (χ1n) is 10.2. The van der Waals surface area contributed by atoms with Crippen molar-refractivity contribution >= 4 is 11.8 Å². The molecule has 2 heterocycles. The average Bonchev–Trinajstić information content (AvgIpc) is 2.71. The lowest BCUT2D eigenvalue weighted by atomic mass is 10.0. The molecule has 1 aliphatic rings. The van der Waals surface area contributed by atoms with Gasteiger partial charge in [-0.2, -0.15) is 0 Å². The van der Waals surface area contributed by atoms with Gasteiger partial charge in [0.05, 0.1) is 19.8 Å². The smallest absolute Gasteiger partial charge is 0.191 e. The number of guanidine groups is 1. The molecule has 27 heavy (non-hydrogen) atoms. The largest absolute Gasteiger partial charge is 0.396 e. The number of rotatable bonds is 10. The quantitative estimate of drug-likeness (QED) is 0.426. The maximum Gasteiger partial charge on any atom is 0.191 e. The van der Waals surface area contributed by atoms with Crippen LogP contribution in [0.25, 0.3) is 0 Å². The van der Waals surface area contributed by atoms with E-state index in [1.54, 1.807) is 0 Å². The SMILES string of the molecule is CCCC(CCO)CNC(=NCc1cccnc1N1CCOCC1)NCC. The van der Waals surface area contributed by atoms with Crippen molar-refractivity contribution in [2.45, 2.75) is 39.7 Å². The lowest BCUT2D eigenvalue weighted by Crippen LogP contribution is -2.40. The first kappa shape index (κ1) is 21.4. The highest BCUT2D eigenvalue weighted by Gasteiger charge is 2.15. The number of nitrogens with zero attached hydrogens (tertiary/aromatic N) is 3. The monoisotopic (exact) mass is 377 g/mol. The molecule has 1 saturated heterocycles. The Morgan fingerprint density at radius 1 is 1.30 bits per heavy atom. The van der Waals surface area contributed by atoms with E-state index in [0.717, 1.165) is 76.0 Å². The Bertz CT molecular complexity index is 555. The molecular formula is C20H35N5O2. The number of anilines is 1. The Morgan fingerprint density at radius 2 is 2.11 bits per heavy atom. The number of aliphatic hydroxyl groups excluding tert-OH is 1. The van der Waals surface area contributed by atoms with E-state index in [-0.39, 0.29) is 6.61 Å². The Kier molecular flexibility index (Phi) is 9.94. The molecule has 1 fully saturated rings. The number of nitrogens with one attached hydrogen (secondary N) is 2. The predicted molar refractivity (Wildman–Crippen MR) is 110 cm³/mol. The highest BCUT2D eigenvalue weighted by atomic mass is 16.5. The predicted octanol–water partition coefficient (Wildman–Crippen LogP) is 1.77. The van der Waals surface area contributed by atoms with Gasteiger partial charge in [0.2, 0.25) is 0 Å². The third-order valence-corrected chi connectivity index (χ3v) is 4.72. The third kappa shape index (κ3) is 7.34. The fourth-order valence-electron chi connectivity index (χ4n) is 3.30. The lowest BCUT2D eigenvalue weighted by molar-refractivity contribution is 0.122. The van der Waals surface area contributed by atoms with Crippen LogP contribution in [0.1, 0.15) is 38.7 Å². The number of aliphatic imine (C=N–C) groups is 1. The van der Waals surface area contributed by atoms with Crippen LogP contribution < -0.4 is 15.5 Å². The molecule has 1 aromatic rings. The maximum atomic E-state index is 9.24. The molecule has 0 amide bonds. The second kappa shape index (κ2) is 12.5. The third-order valence-electron chi connectivity index (χ3n) is 4.72. The minimum atomic E-state index is 0.235. The van der Waals surface area contributed by atoms with Gasteiger partial charge in [-0.15, -0.1) is 0 Å². The Hall–Kier alpha value is -1.86. The molecule has 3 N–H and O–H groups in total. The summed E-state index contributed by atoms with van der Waals surface area (Å²) in [5.74, 6) is 2.28. The molecule has 0 saturated carbocycles. The molecule has 2 rings (SSSR count). The zero-order valence-electron chi connectivity index (χ0n) is 16.8. The molecule has 7 heteroatoms. The first-order chi connectivity index (χ1) is 13.3. The summed E-state index contributed by atoms with van der Waals surface area (Å²) in [4.78, 5) is 11.6. The van der Waals surface area contributed by atoms with E-state index in [2.05, 4.69) is 40.4 Å². The highest BCUT2D eigenvalue weighted by Crippen LogP contribution is 2.19. The molecule has 1 unspecified atom stereocenters. The van der Waals surface area contributed by atoms with Gasteiger partial charge >= 0.3 is 0 Å². The van der Waals surface area contributed by atoms with Gasteiger partial charge in [-0.1, -0.05) is 19.4 Å². The summed E-state index contributed by atoms with van der Waals surface area (Å²) in [6.07, 6.45) is 4.89. The van der Waals surface area contributed by atoms with Crippen LogP contribution in [0.15, 0.2) is 23.3 Å². The van der Waals surface area contributed by atoms with Gasteiger partial charge in [0.1, 0.15) is 5.82 Å². The van der Waals surface area contributed by atoms with Gasteiger partial charge in [-0.25, -0.2) is 9.98 Å². The zero-order valence-corrected chi connectivity index (χ0v) is 16.8. The molecule has 1 aliphatic heterocycles. The van der Waals surface area contributed by atoms with Crippen molar-refractivity contribution in [3.05, 3.63) is 23.9 Å². The molecule has 0 spiro atoms. The van der Waals surface area contributed by atoms with Gasteiger partial charge in [-0.3, -0.25) is 0 Å². The van der Waals surface area contributed by atoms with Crippen molar-refractivity contribution in [1.29, 1.82) is 0 Å². The minimum Gasteiger partial charge on any atom is -0.396 e. The van der Waals surface area contributed by atoms with Crippen LogP contribution in [-0.4, -0.2) is 62.0 Å². The molecule has 7 nitrogen and oxygen atoms in total. The van der Waals surface area contributed by atoms with Crippen molar-refractivity contribution in [3.8, 4) is 0 Å². The number of pyridine rings is 1. The molecule has 0 radical (unpaired) electrons. The van der Waals surface area contributed by atoms with Gasteiger partial charge < -0.3 is 25.4 Å². The van der Waals surface area contributed by atoms with Crippen molar-refractivity contribution in [3.63, 3.8) is 0 Å². The van der Waals surface area contributed by atoms with Gasteiger partial charge in [-0.05, 0) is 31.7 Å². The summed E-state index contributed by atoms with van der Waals surface area (Å²) in [5.41, 5.74) is 1.12. The zero-order chi connectivity index (χ0) is 19.3. The molecule has 1 atom stereocenters. The van der Waals surface area contributed by atoms with E-state index in [4.69, 9.17) is 9.73 Å². The van der Waals surface area contributed by atoms with Crippen LogP contribution in [0.5, 0.6) is 0 Å². The maximum absolute atomic E-state index is 9.24. The summed E-state index contributed by atoms with van der Waals surface area (Å²) < 4.78 is 5.45. The van der Waals surface area contributed by atoms with Crippen molar-refractivity contribution in [1.82, 2.24) is 15.6 Å². The van der Waals surface area contributed by atoms with Crippen molar-refractivity contribution in [2.24, 2.45) is 10.9 Å². The molecule has 152 valence electrons. The van der Waals surface area contributed by atoms with E-state index in [9.17, 15) is 5.11 Å². The topological polar surface area (TPSA) is 82.0 Å². The lowest BCUT2D eigenvalue weighted by Gasteiger charge is -2.29. The number of hydrogen-bond acceptors (Lipinski definition) is 5. The van der Waals surface area contributed by atoms with E-state index >= 15 is 0 Å². The standard InChI is InChI=1S/C20H35N5O2/c1-3-6-17(8-12-26)15-23-20(21-4-2)24-16-18-7-5-9-22-19(18)25-10-13-27-14-11-25/h5,7,9,17,26H,3-4,6,8,10-16H2,1-2H3,(H2,21,23,24). The van der Waals surface area contributed by atoms with Crippen molar-refractivity contribution in [2.75, 3.05) is 50.9 Å². The normalized spacial score (nSPS) is 16.3. The average molecular weight is 378 g/mol. The Balaban J connectivity index is 2.01. The van der Waals surface area contributed by atoms with Crippen LogP contribution in [0.2, 0.25) is 0 Å². The molecule has 1 aromatic heterocycles. The van der Waals surface area contributed by atoms with Gasteiger partial charge in [0.15, 0.2) is 5.96 Å². The van der Waals surface area contributed by atoms with Crippen LogP contribution >= 0.6 is 0 Å². The Labute approximate surface area is 163 Å². The van der Waals surface area contributed by atoms with E-state index in [0.29, 0.717) is 12.5 Å². The number of hydrogen-bond donors (Lipinski definition) is 3. The number of morpholine rings is 1. The Morgan fingerprint density at radius 3 is 2.81 bits per heavy atom. The van der Waals surface area contributed by atoms with Gasteiger partial charge in [0, 0.05) is 44.5 Å². The fourth-order valence-corrected chi connectivity index (χ4v) is 3.30. The number of aromatic nitrogens is 1. The van der Waals surface area contributed by atoms with Crippen molar-refractivity contribution < 1.29 is 9.84 Å². The van der Waals surface area contributed by atoms with Crippen LogP contribution in [0.4, 0.5) is 5.82 Å². The number of aliphatic hydroxyl groups is 1. The van der Waals surface area contributed by atoms with E-state index < -0.39 is 0 Å². The molecule has 0 bridgehead atoms. The van der Waals surface area contributed by atoms with Gasteiger partial charge in [0.25, 0.3) is 0 Å². The summed E-state index contributed by atoms with van der Waals surface area (Å²) in [6.45, 7) is 9.92. The number of ether oxygens (including phenoxy) is 1. The first-order valence-corrected chi connectivity index (χ1v) is 10.2. The van der Waals surface area contributed by atoms with Crippen LogP contribution in [0.3, 0.4) is 0 Å². The second-order valence-corrected chi connectivity index (χ2v) is 6.83. The van der Waals surface area contributed by atoms with E-state index in [1.165, 1.54) is 0 Å². The highest BCUT2D eigenvalue weighted by molar-refractivity contribution is 5.79. The second-order valence-electron chi connectivity index (χ2n) is 6.83. The van der Waals surface area contributed by atoms with Crippen LogP contribution in [0, 0.1) is 5.92 Å². The molecular weight excluding hydrogens is 342 g/mol. The van der Waals surface area contributed by atoms with E-state index in [1.807, 2.05) is 12.3 Å². The molecule has 0 aromatic carbocycles. The summed E-state index contributed by atoms with van der Waals surface area (Å²) in [5, 5.41) is 16.0. The molecule has 0 aliphatic carbocycles. The summed E-state index contributed by atoms with van der Waals surface area (Å²) in [6, 6.07) is 4.06.